The number of hydrogen-bond acceptors (Lipinski definition) is 5. The van der Waals surface area contributed by atoms with Crippen molar-refractivity contribution in [2.24, 2.45) is 0 Å². The van der Waals surface area contributed by atoms with Gasteiger partial charge < -0.3 is 10.4 Å². The third-order valence-corrected chi connectivity index (χ3v) is 3.48. The van der Waals surface area contributed by atoms with Crippen LogP contribution in [0, 0.1) is 0 Å². The molecule has 0 amide bonds. The van der Waals surface area contributed by atoms with E-state index in [0.717, 1.165) is 17.2 Å². The first kappa shape index (κ1) is 12.5. The van der Waals surface area contributed by atoms with E-state index in [9.17, 15) is 4.79 Å². The zero-order chi connectivity index (χ0) is 13.0. The van der Waals surface area contributed by atoms with Gasteiger partial charge in [-0.15, -0.1) is 11.3 Å². The summed E-state index contributed by atoms with van der Waals surface area (Å²) < 4.78 is 0. The molecule has 0 saturated carbocycles. The lowest BCUT2D eigenvalue weighted by Gasteiger charge is -2.10. The van der Waals surface area contributed by atoms with E-state index in [1.54, 1.807) is 23.6 Å². The van der Waals surface area contributed by atoms with Gasteiger partial charge in [0.1, 0.15) is 5.69 Å². The lowest BCUT2D eigenvalue weighted by molar-refractivity contribution is 0.0690. The fourth-order valence-electron chi connectivity index (χ4n) is 1.46. The molecule has 0 fully saturated rings. The minimum absolute atomic E-state index is 0.0496. The van der Waals surface area contributed by atoms with E-state index in [2.05, 4.69) is 22.2 Å². The van der Waals surface area contributed by atoms with Gasteiger partial charge in [-0.3, -0.25) is 0 Å². The molecule has 1 unspecified atom stereocenters. The van der Waals surface area contributed by atoms with Crippen molar-refractivity contribution >= 4 is 23.0 Å². The van der Waals surface area contributed by atoms with Crippen molar-refractivity contribution < 1.29 is 9.90 Å². The number of carbonyl (C=O) groups is 1. The second-order valence-corrected chi connectivity index (χ2v) is 4.82. The van der Waals surface area contributed by atoms with Gasteiger partial charge >= 0.3 is 5.97 Å². The Balaban J connectivity index is 1.92. The Bertz CT molecular complexity index is 511. The van der Waals surface area contributed by atoms with Crippen LogP contribution in [0.25, 0.3) is 0 Å². The minimum Gasteiger partial charge on any atom is -0.477 e. The van der Waals surface area contributed by atoms with Crippen LogP contribution in [0.2, 0.25) is 0 Å². The molecule has 2 rings (SSSR count). The molecule has 2 aromatic heterocycles. The Kier molecular flexibility index (Phi) is 3.88. The SMILES string of the molecule is CC(CNc1ccc(C(=O)O)nc1)c1nccs1. The highest BCUT2D eigenvalue weighted by Crippen LogP contribution is 2.18. The average Bonchev–Trinajstić information content (AvgIpc) is 2.90. The van der Waals surface area contributed by atoms with Crippen LogP contribution in [0.3, 0.4) is 0 Å². The van der Waals surface area contributed by atoms with Gasteiger partial charge in [0.05, 0.1) is 16.9 Å². The molecule has 2 N–H and O–H groups in total. The summed E-state index contributed by atoms with van der Waals surface area (Å²) in [5, 5.41) is 15.0. The van der Waals surface area contributed by atoms with Gasteiger partial charge in [-0.1, -0.05) is 6.92 Å². The first-order valence-corrected chi connectivity index (χ1v) is 6.37. The molecule has 0 spiro atoms. The summed E-state index contributed by atoms with van der Waals surface area (Å²) in [4.78, 5) is 18.7. The van der Waals surface area contributed by atoms with Crippen molar-refractivity contribution in [1.29, 1.82) is 0 Å². The van der Waals surface area contributed by atoms with Crippen LogP contribution in [-0.4, -0.2) is 27.6 Å². The maximum atomic E-state index is 10.6. The molecule has 2 aromatic rings. The zero-order valence-electron chi connectivity index (χ0n) is 9.83. The Morgan fingerprint density at radius 3 is 2.89 bits per heavy atom. The van der Waals surface area contributed by atoms with Crippen molar-refractivity contribution in [2.75, 3.05) is 11.9 Å². The monoisotopic (exact) mass is 263 g/mol. The number of hydrogen-bond donors (Lipinski definition) is 2. The molecule has 0 radical (unpaired) electrons. The third-order valence-electron chi connectivity index (χ3n) is 2.47. The standard InChI is InChI=1S/C12H13N3O2S/c1-8(11-13-4-5-18-11)6-14-9-2-3-10(12(16)17)15-7-9/h2-5,7-8,14H,6H2,1H3,(H,16,17). The number of carboxylic acid groups (broad SMARTS) is 1. The summed E-state index contributed by atoms with van der Waals surface area (Å²) in [5.74, 6) is -0.707. The molecule has 2 heterocycles. The maximum absolute atomic E-state index is 10.6. The summed E-state index contributed by atoms with van der Waals surface area (Å²) >= 11 is 1.63. The molecule has 6 heteroatoms. The molecule has 94 valence electrons. The van der Waals surface area contributed by atoms with Crippen LogP contribution >= 0.6 is 11.3 Å². The smallest absolute Gasteiger partial charge is 0.354 e. The zero-order valence-corrected chi connectivity index (χ0v) is 10.6. The van der Waals surface area contributed by atoms with Crippen molar-refractivity contribution in [1.82, 2.24) is 9.97 Å². The van der Waals surface area contributed by atoms with Crippen LogP contribution in [-0.2, 0) is 0 Å². The molecule has 5 nitrogen and oxygen atoms in total. The van der Waals surface area contributed by atoms with Crippen LogP contribution < -0.4 is 5.32 Å². The fourth-order valence-corrected chi connectivity index (χ4v) is 2.16. The van der Waals surface area contributed by atoms with Crippen LogP contribution in [0.5, 0.6) is 0 Å². The molecule has 0 saturated heterocycles. The van der Waals surface area contributed by atoms with Gasteiger partial charge in [-0.2, -0.15) is 0 Å². The van der Waals surface area contributed by atoms with E-state index in [-0.39, 0.29) is 5.69 Å². The number of nitrogens with zero attached hydrogens (tertiary/aromatic N) is 2. The molecular formula is C12H13N3O2S. The predicted octanol–water partition coefficient (Wildman–Crippen LogP) is 2.45. The molecule has 18 heavy (non-hydrogen) atoms. The summed E-state index contributed by atoms with van der Waals surface area (Å²) in [5.41, 5.74) is 0.858. The van der Waals surface area contributed by atoms with Crippen LogP contribution in [0.15, 0.2) is 29.9 Å². The quantitative estimate of drug-likeness (QED) is 0.866. The number of aromatic nitrogens is 2. The summed E-state index contributed by atoms with van der Waals surface area (Å²) in [6.45, 7) is 2.83. The topological polar surface area (TPSA) is 75.1 Å². The van der Waals surface area contributed by atoms with Crippen molar-refractivity contribution in [3.8, 4) is 0 Å². The first-order chi connectivity index (χ1) is 8.66. The highest BCUT2D eigenvalue weighted by molar-refractivity contribution is 7.09. The van der Waals surface area contributed by atoms with Gasteiger partial charge in [0.15, 0.2) is 0 Å². The average molecular weight is 263 g/mol. The normalized spacial score (nSPS) is 12.1. The number of pyridine rings is 1. The second-order valence-electron chi connectivity index (χ2n) is 3.89. The van der Waals surface area contributed by atoms with Gasteiger partial charge in [-0.05, 0) is 12.1 Å². The molecule has 1 atom stereocenters. The Labute approximate surface area is 109 Å². The Morgan fingerprint density at radius 1 is 1.50 bits per heavy atom. The van der Waals surface area contributed by atoms with E-state index in [0.29, 0.717) is 5.92 Å². The van der Waals surface area contributed by atoms with Crippen molar-refractivity contribution in [2.45, 2.75) is 12.8 Å². The fraction of sp³-hybridized carbons (Fsp3) is 0.250. The molecule has 0 aliphatic carbocycles. The van der Waals surface area contributed by atoms with Gasteiger partial charge in [-0.25, -0.2) is 14.8 Å². The number of rotatable bonds is 5. The number of anilines is 1. The highest BCUT2D eigenvalue weighted by Gasteiger charge is 2.08. The van der Waals surface area contributed by atoms with Gasteiger partial charge in [0.2, 0.25) is 0 Å². The van der Waals surface area contributed by atoms with E-state index in [1.807, 2.05) is 5.38 Å². The predicted molar refractivity (Wildman–Crippen MR) is 70.2 cm³/mol. The summed E-state index contributed by atoms with van der Waals surface area (Å²) in [7, 11) is 0. The minimum atomic E-state index is -1.02. The van der Waals surface area contributed by atoms with E-state index in [4.69, 9.17) is 5.11 Å². The summed E-state index contributed by atoms with van der Waals surface area (Å²) in [6.07, 6.45) is 3.32. The second kappa shape index (κ2) is 5.59. The Hall–Kier alpha value is -1.95. The van der Waals surface area contributed by atoms with Crippen molar-refractivity contribution in [3.63, 3.8) is 0 Å². The maximum Gasteiger partial charge on any atom is 0.354 e. The van der Waals surface area contributed by atoms with E-state index >= 15 is 0 Å². The van der Waals surface area contributed by atoms with Crippen LogP contribution in [0.4, 0.5) is 5.69 Å². The third kappa shape index (κ3) is 3.04. The molecule has 0 aliphatic heterocycles. The lowest BCUT2D eigenvalue weighted by atomic mass is 10.2. The van der Waals surface area contributed by atoms with E-state index < -0.39 is 5.97 Å². The first-order valence-electron chi connectivity index (χ1n) is 5.49. The van der Waals surface area contributed by atoms with E-state index in [1.165, 1.54) is 12.3 Å². The molecule has 0 aliphatic rings. The van der Waals surface area contributed by atoms with Gasteiger partial charge in [0, 0.05) is 24.0 Å². The number of carboxylic acids is 1. The lowest BCUT2D eigenvalue weighted by Crippen LogP contribution is -2.10. The Morgan fingerprint density at radius 2 is 2.33 bits per heavy atom. The molecule has 0 bridgehead atoms. The number of nitrogens with one attached hydrogen (secondary N) is 1. The summed E-state index contributed by atoms with van der Waals surface area (Å²) in [6, 6.07) is 3.20. The number of thiazole rings is 1. The molecule has 0 aromatic carbocycles. The highest BCUT2D eigenvalue weighted by atomic mass is 32.1. The van der Waals surface area contributed by atoms with Crippen LogP contribution in [0.1, 0.15) is 28.3 Å². The molecular weight excluding hydrogens is 250 g/mol. The van der Waals surface area contributed by atoms with Gasteiger partial charge in [0.25, 0.3) is 0 Å². The van der Waals surface area contributed by atoms with Crippen molar-refractivity contribution in [3.05, 3.63) is 40.6 Å². The largest absolute Gasteiger partial charge is 0.477 e. The number of aromatic carboxylic acids is 1.